The maximum atomic E-state index is 6.03. The summed E-state index contributed by atoms with van der Waals surface area (Å²) < 4.78 is 13.2. The molecule has 0 atom stereocenters. The molecule has 0 saturated carbocycles. The normalized spacial score (nSPS) is 10.9. The summed E-state index contributed by atoms with van der Waals surface area (Å²) in [6.45, 7) is 2.59. The van der Waals surface area contributed by atoms with Crippen LogP contribution in [-0.2, 0) is 12.8 Å². The Hall–Kier alpha value is -3.41. The first-order valence-corrected chi connectivity index (χ1v) is 8.96. The van der Waals surface area contributed by atoms with Crippen molar-refractivity contribution in [3.8, 4) is 23.0 Å². The fourth-order valence-corrected chi connectivity index (χ4v) is 2.78. The highest BCUT2D eigenvalue weighted by atomic mass is 16.5. The number of aromatic nitrogens is 4. The molecule has 4 aromatic rings. The maximum absolute atomic E-state index is 6.03. The first kappa shape index (κ1) is 17.0. The van der Waals surface area contributed by atoms with Gasteiger partial charge in [0.25, 0.3) is 5.89 Å². The van der Waals surface area contributed by atoms with Gasteiger partial charge in [0.1, 0.15) is 17.8 Å². The zero-order chi connectivity index (χ0) is 18.5. The van der Waals surface area contributed by atoms with Gasteiger partial charge < -0.3 is 13.8 Å². The smallest absolute Gasteiger partial charge is 0.278 e. The molecule has 0 aliphatic heterocycles. The summed E-state index contributed by atoms with van der Waals surface area (Å²) in [5, 5.41) is 3.92. The van der Waals surface area contributed by atoms with Gasteiger partial charge in [0.2, 0.25) is 0 Å². The minimum atomic E-state index is 0.424. The van der Waals surface area contributed by atoms with Crippen LogP contribution in [0.3, 0.4) is 0 Å². The molecule has 0 radical (unpaired) electrons. The third-order valence-corrected chi connectivity index (χ3v) is 4.22. The Balaban J connectivity index is 1.51. The third-order valence-electron chi connectivity index (χ3n) is 4.22. The summed E-state index contributed by atoms with van der Waals surface area (Å²) in [5.41, 5.74) is 2.81. The molecule has 0 aliphatic carbocycles. The summed E-state index contributed by atoms with van der Waals surface area (Å²) in [4.78, 5) is 8.72. The number of aryl methyl sites for hydroxylation is 1. The molecule has 0 aliphatic rings. The number of ether oxygens (including phenoxy) is 1. The Morgan fingerprint density at radius 3 is 2.67 bits per heavy atom. The Labute approximate surface area is 157 Å². The van der Waals surface area contributed by atoms with E-state index in [2.05, 4.69) is 27.3 Å². The highest BCUT2D eigenvalue weighted by Crippen LogP contribution is 2.25. The van der Waals surface area contributed by atoms with Crippen LogP contribution in [0.4, 0.5) is 0 Å². The van der Waals surface area contributed by atoms with Crippen LogP contribution in [0, 0.1) is 0 Å². The van der Waals surface area contributed by atoms with Crippen molar-refractivity contribution in [2.24, 2.45) is 0 Å². The lowest BCUT2D eigenvalue weighted by Crippen LogP contribution is -2.04. The van der Waals surface area contributed by atoms with Gasteiger partial charge in [-0.1, -0.05) is 54.5 Å². The van der Waals surface area contributed by atoms with Gasteiger partial charge in [-0.25, -0.2) is 4.98 Å². The van der Waals surface area contributed by atoms with Crippen LogP contribution in [0.15, 0.2) is 71.6 Å². The quantitative estimate of drug-likeness (QED) is 0.496. The van der Waals surface area contributed by atoms with Crippen LogP contribution in [-0.4, -0.2) is 26.3 Å². The summed E-state index contributed by atoms with van der Waals surface area (Å²) in [5.74, 6) is 1.90. The van der Waals surface area contributed by atoms with E-state index in [0.717, 1.165) is 24.3 Å². The second-order valence-electron chi connectivity index (χ2n) is 6.09. The van der Waals surface area contributed by atoms with Crippen LogP contribution < -0.4 is 4.74 Å². The standard InChI is InChI=1S/C21H20N4O2/c1-2-20-23-21(27-24-20)17-14-25(15-22-17)18-10-6-7-11-19(18)26-13-12-16-8-4-3-5-9-16/h3-11,14-15H,2,12-13H2,1H3. The third kappa shape index (κ3) is 3.89. The average molecular weight is 360 g/mol. The lowest BCUT2D eigenvalue weighted by Gasteiger charge is -2.11. The Morgan fingerprint density at radius 1 is 1.04 bits per heavy atom. The summed E-state index contributed by atoms with van der Waals surface area (Å²) >= 11 is 0. The van der Waals surface area contributed by atoms with E-state index in [0.29, 0.717) is 24.0 Å². The molecule has 6 heteroatoms. The number of nitrogens with zero attached hydrogens (tertiary/aromatic N) is 4. The Morgan fingerprint density at radius 2 is 1.85 bits per heavy atom. The molecule has 6 nitrogen and oxygen atoms in total. The van der Waals surface area contributed by atoms with Crippen molar-refractivity contribution < 1.29 is 9.26 Å². The summed E-state index contributed by atoms with van der Waals surface area (Å²) in [6, 6.07) is 18.2. The van der Waals surface area contributed by atoms with E-state index < -0.39 is 0 Å². The minimum Gasteiger partial charge on any atom is -0.491 e. The lowest BCUT2D eigenvalue weighted by atomic mass is 10.2. The van der Waals surface area contributed by atoms with E-state index in [1.54, 1.807) is 6.33 Å². The molecule has 0 bridgehead atoms. The molecule has 27 heavy (non-hydrogen) atoms. The van der Waals surface area contributed by atoms with Gasteiger partial charge in [0.05, 0.1) is 12.3 Å². The first-order valence-electron chi connectivity index (χ1n) is 8.96. The van der Waals surface area contributed by atoms with Crippen LogP contribution in [0.2, 0.25) is 0 Å². The van der Waals surface area contributed by atoms with Crippen molar-refractivity contribution in [1.82, 2.24) is 19.7 Å². The zero-order valence-electron chi connectivity index (χ0n) is 15.1. The largest absolute Gasteiger partial charge is 0.491 e. The average Bonchev–Trinajstić information content (AvgIpc) is 3.39. The fourth-order valence-electron chi connectivity index (χ4n) is 2.78. The molecular weight excluding hydrogens is 340 g/mol. The molecule has 0 N–H and O–H groups in total. The number of benzene rings is 2. The van der Waals surface area contributed by atoms with Crippen molar-refractivity contribution in [3.05, 3.63) is 78.5 Å². The number of para-hydroxylation sites is 2. The molecule has 0 unspecified atom stereocenters. The van der Waals surface area contributed by atoms with Gasteiger partial charge in [-0.05, 0) is 17.7 Å². The molecule has 2 aromatic carbocycles. The molecule has 0 saturated heterocycles. The summed E-state index contributed by atoms with van der Waals surface area (Å²) in [7, 11) is 0. The molecular formula is C21H20N4O2. The van der Waals surface area contributed by atoms with E-state index in [1.807, 2.05) is 60.2 Å². The molecule has 136 valence electrons. The fraction of sp³-hybridized carbons (Fsp3) is 0.190. The number of imidazole rings is 1. The lowest BCUT2D eigenvalue weighted by molar-refractivity contribution is 0.321. The topological polar surface area (TPSA) is 66.0 Å². The van der Waals surface area contributed by atoms with Crippen molar-refractivity contribution in [1.29, 1.82) is 0 Å². The maximum Gasteiger partial charge on any atom is 0.278 e. The van der Waals surface area contributed by atoms with Gasteiger partial charge in [-0.2, -0.15) is 4.98 Å². The number of hydrogen-bond acceptors (Lipinski definition) is 5. The van der Waals surface area contributed by atoms with Crippen LogP contribution in [0.5, 0.6) is 5.75 Å². The van der Waals surface area contributed by atoms with Crippen molar-refractivity contribution in [3.63, 3.8) is 0 Å². The van der Waals surface area contributed by atoms with Crippen molar-refractivity contribution in [2.75, 3.05) is 6.61 Å². The second-order valence-corrected chi connectivity index (χ2v) is 6.09. The van der Waals surface area contributed by atoms with Crippen molar-refractivity contribution >= 4 is 0 Å². The van der Waals surface area contributed by atoms with Crippen LogP contribution in [0.1, 0.15) is 18.3 Å². The molecule has 0 fully saturated rings. The van der Waals surface area contributed by atoms with Gasteiger partial charge in [0, 0.05) is 19.0 Å². The van der Waals surface area contributed by atoms with E-state index in [4.69, 9.17) is 9.26 Å². The molecule has 4 rings (SSSR count). The molecule has 0 amide bonds. The SMILES string of the molecule is CCc1noc(-c2cn(-c3ccccc3OCCc3ccccc3)cn2)n1. The predicted octanol–water partition coefficient (Wildman–Crippen LogP) is 4.11. The monoisotopic (exact) mass is 360 g/mol. The van der Waals surface area contributed by atoms with Gasteiger partial charge in [-0.15, -0.1) is 0 Å². The van der Waals surface area contributed by atoms with E-state index in [1.165, 1.54) is 5.56 Å². The van der Waals surface area contributed by atoms with Gasteiger partial charge in [0.15, 0.2) is 5.82 Å². The van der Waals surface area contributed by atoms with Crippen molar-refractivity contribution in [2.45, 2.75) is 19.8 Å². The van der Waals surface area contributed by atoms with Crippen LogP contribution >= 0.6 is 0 Å². The minimum absolute atomic E-state index is 0.424. The molecule has 2 heterocycles. The van der Waals surface area contributed by atoms with E-state index >= 15 is 0 Å². The summed E-state index contributed by atoms with van der Waals surface area (Å²) in [6.07, 6.45) is 5.17. The highest BCUT2D eigenvalue weighted by Gasteiger charge is 2.13. The highest BCUT2D eigenvalue weighted by molar-refractivity contribution is 5.51. The van der Waals surface area contributed by atoms with E-state index in [-0.39, 0.29) is 0 Å². The zero-order valence-corrected chi connectivity index (χ0v) is 15.1. The number of rotatable bonds is 7. The van der Waals surface area contributed by atoms with Gasteiger partial charge >= 0.3 is 0 Å². The Bertz CT molecular complexity index is 1010. The van der Waals surface area contributed by atoms with Gasteiger partial charge in [-0.3, -0.25) is 0 Å². The predicted molar refractivity (Wildman–Crippen MR) is 102 cm³/mol. The first-order chi connectivity index (χ1) is 13.3. The number of hydrogen-bond donors (Lipinski definition) is 0. The molecule has 0 spiro atoms. The Kier molecular flexibility index (Phi) is 4.96. The van der Waals surface area contributed by atoms with E-state index in [9.17, 15) is 0 Å². The van der Waals surface area contributed by atoms with Crippen LogP contribution in [0.25, 0.3) is 17.3 Å². The second kappa shape index (κ2) is 7.86. The molecule has 2 aromatic heterocycles.